The minimum absolute atomic E-state index is 0.101. The number of pyridine rings is 2. The summed E-state index contributed by atoms with van der Waals surface area (Å²) in [5, 5.41) is 13.3. The molecule has 4 aromatic rings. The Hall–Kier alpha value is -2.91. The van der Waals surface area contributed by atoms with E-state index in [0.29, 0.717) is 27.5 Å². The van der Waals surface area contributed by atoms with Crippen LogP contribution in [-0.2, 0) is 4.74 Å². The van der Waals surface area contributed by atoms with Gasteiger partial charge in [-0.15, -0.1) is 0 Å². The van der Waals surface area contributed by atoms with Gasteiger partial charge in [0.25, 0.3) is 0 Å². The molecule has 10 heteroatoms. The standard InChI is InChI=1S/C27H28Cl2N6O2/c1-15-25(29)24(21(28)10-30-15)16(2)37-19-5-6-22-20(8-19)26(34-33-22)17-4-7-23(31-9-17)35-13-27(3,14-35)32-18-11-36-12-18/h4-10,16,18,32H,11-14H2,1-3H3,(H,33,34)/t16-/m1/s1. The van der Waals surface area contributed by atoms with E-state index in [0.717, 1.165) is 59.8 Å². The predicted octanol–water partition coefficient (Wildman–Crippen LogP) is 5.34. The van der Waals surface area contributed by atoms with E-state index in [4.69, 9.17) is 37.7 Å². The zero-order chi connectivity index (χ0) is 25.7. The van der Waals surface area contributed by atoms with Crippen LogP contribution < -0.4 is 15.0 Å². The van der Waals surface area contributed by atoms with Crippen LogP contribution in [0.5, 0.6) is 5.75 Å². The molecular formula is C27H28Cl2N6O2. The predicted molar refractivity (Wildman–Crippen MR) is 146 cm³/mol. The maximum absolute atomic E-state index is 6.48. The molecule has 2 N–H and O–H groups in total. The Morgan fingerprint density at radius 2 is 1.97 bits per heavy atom. The molecule has 2 aliphatic heterocycles. The van der Waals surface area contributed by atoms with Crippen LogP contribution in [0.2, 0.25) is 10.0 Å². The van der Waals surface area contributed by atoms with Gasteiger partial charge in [0, 0.05) is 42.0 Å². The number of aromatic nitrogens is 4. The summed E-state index contributed by atoms with van der Waals surface area (Å²) in [6, 6.07) is 10.4. The number of nitrogens with zero attached hydrogens (tertiary/aromatic N) is 4. The summed E-state index contributed by atoms with van der Waals surface area (Å²) in [7, 11) is 0. The molecule has 37 heavy (non-hydrogen) atoms. The number of anilines is 1. The van der Waals surface area contributed by atoms with Crippen molar-refractivity contribution in [1.82, 2.24) is 25.5 Å². The molecular weight excluding hydrogens is 511 g/mol. The molecule has 0 radical (unpaired) electrons. The highest BCUT2D eigenvalue weighted by Crippen LogP contribution is 2.36. The second-order valence-electron chi connectivity index (χ2n) is 10.2. The van der Waals surface area contributed by atoms with Crippen molar-refractivity contribution < 1.29 is 9.47 Å². The van der Waals surface area contributed by atoms with Gasteiger partial charge in [-0.2, -0.15) is 5.10 Å². The van der Waals surface area contributed by atoms with Crippen molar-refractivity contribution >= 4 is 39.9 Å². The number of hydrogen-bond acceptors (Lipinski definition) is 7. The first-order chi connectivity index (χ1) is 17.8. The number of aryl methyl sites for hydroxylation is 1. The fourth-order valence-corrected chi connectivity index (χ4v) is 5.73. The fourth-order valence-electron chi connectivity index (χ4n) is 5.08. The molecule has 2 fully saturated rings. The van der Waals surface area contributed by atoms with E-state index in [1.165, 1.54) is 0 Å². The Bertz CT molecular complexity index is 1450. The van der Waals surface area contributed by atoms with E-state index in [-0.39, 0.29) is 11.6 Å². The van der Waals surface area contributed by atoms with Crippen LogP contribution in [-0.4, -0.2) is 58.0 Å². The molecule has 8 nitrogen and oxygen atoms in total. The molecule has 3 aromatic heterocycles. The number of nitrogens with one attached hydrogen (secondary N) is 2. The molecule has 0 bridgehead atoms. The quantitative estimate of drug-likeness (QED) is 0.328. The lowest BCUT2D eigenvalue weighted by molar-refractivity contribution is -0.0209. The summed E-state index contributed by atoms with van der Waals surface area (Å²) >= 11 is 12.9. The molecule has 0 unspecified atom stereocenters. The highest BCUT2D eigenvalue weighted by atomic mass is 35.5. The summed E-state index contributed by atoms with van der Waals surface area (Å²) in [4.78, 5) is 11.2. The van der Waals surface area contributed by atoms with Gasteiger partial charge >= 0.3 is 0 Å². The first kappa shape index (κ1) is 24.4. The monoisotopic (exact) mass is 538 g/mol. The van der Waals surface area contributed by atoms with E-state index in [1.807, 2.05) is 38.2 Å². The third-order valence-electron chi connectivity index (χ3n) is 7.05. The third kappa shape index (κ3) is 4.63. The second kappa shape index (κ2) is 9.44. The number of benzene rings is 1. The molecule has 0 spiro atoms. The van der Waals surface area contributed by atoms with Crippen molar-refractivity contribution in [3.8, 4) is 17.0 Å². The number of aromatic amines is 1. The molecule has 192 valence electrons. The Labute approximate surface area is 225 Å². The van der Waals surface area contributed by atoms with E-state index < -0.39 is 0 Å². The molecule has 6 rings (SSSR count). The number of halogens is 2. The molecule has 5 heterocycles. The zero-order valence-corrected chi connectivity index (χ0v) is 22.4. The number of fused-ring (bicyclic) bond motifs is 1. The molecule has 2 aliphatic rings. The molecule has 0 amide bonds. The highest BCUT2D eigenvalue weighted by molar-refractivity contribution is 6.36. The van der Waals surface area contributed by atoms with Crippen LogP contribution in [0.25, 0.3) is 22.2 Å². The smallest absolute Gasteiger partial charge is 0.128 e. The average Bonchev–Trinajstić information content (AvgIpc) is 3.26. The van der Waals surface area contributed by atoms with E-state index in [1.54, 1.807) is 6.20 Å². The highest BCUT2D eigenvalue weighted by Gasteiger charge is 2.41. The minimum Gasteiger partial charge on any atom is -0.486 e. The largest absolute Gasteiger partial charge is 0.486 e. The van der Waals surface area contributed by atoms with E-state index in [9.17, 15) is 0 Å². The van der Waals surface area contributed by atoms with Crippen molar-refractivity contribution in [2.24, 2.45) is 0 Å². The first-order valence-electron chi connectivity index (χ1n) is 12.3. The van der Waals surface area contributed by atoms with Crippen LogP contribution >= 0.6 is 23.2 Å². The Morgan fingerprint density at radius 3 is 2.68 bits per heavy atom. The molecule has 0 aliphatic carbocycles. The molecule has 0 saturated carbocycles. The van der Waals surface area contributed by atoms with Gasteiger partial charge in [0.1, 0.15) is 23.4 Å². The summed E-state index contributed by atoms with van der Waals surface area (Å²) in [5.41, 5.74) is 4.21. The maximum Gasteiger partial charge on any atom is 0.128 e. The van der Waals surface area contributed by atoms with Crippen LogP contribution in [0, 0.1) is 6.92 Å². The van der Waals surface area contributed by atoms with Crippen LogP contribution in [0.4, 0.5) is 5.82 Å². The lowest BCUT2D eigenvalue weighted by Gasteiger charge is -2.51. The van der Waals surface area contributed by atoms with Crippen LogP contribution in [0.3, 0.4) is 0 Å². The van der Waals surface area contributed by atoms with Gasteiger partial charge in [0.15, 0.2) is 0 Å². The molecule has 1 aromatic carbocycles. The van der Waals surface area contributed by atoms with Gasteiger partial charge in [0.05, 0.1) is 46.1 Å². The summed E-state index contributed by atoms with van der Waals surface area (Å²) in [6.07, 6.45) is 3.12. The van der Waals surface area contributed by atoms with E-state index in [2.05, 4.69) is 44.5 Å². The maximum atomic E-state index is 6.48. The number of H-pyrrole nitrogens is 1. The van der Waals surface area contributed by atoms with Crippen molar-refractivity contribution in [2.75, 3.05) is 31.2 Å². The number of ether oxygens (including phenoxy) is 2. The summed E-state index contributed by atoms with van der Waals surface area (Å²) in [5.74, 6) is 1.66. The van der Waals surface area contributed by atoms with Gasteiger partial charge in [-0.1, -0.05) is 23.2 Å². The zero-order valence-electron chi connectivity index (χ0n) is 20.9. The second-order valence-corrected chi connectivity index (χ2v) is 10.9. The Morgan fingerprint density at radius 1 is 1.16 bits per heavy atom. The van der Waals surface area contributed by atoms with Gasteiger partial charge in [0.2, 0.25) is 0 Å². The average molecular weight is 539 g/mol. The van der Waals surface area contributed by atoms with Gasteiger partial charge in [-0.05, 0) is 51.1 Å². The minimum atomic E-state index is -0.357. The van der Waals surface area contributed by atoms with Gasteiger partial charge < -0.3 is 19.7 Å². The number of hydrogen-bond donors (Lipinski definition) is 2. The van der Waals surface area contributed by atoms with Crippen molar-refractivity contribution in [3.05, 3.63) is 64.0 Å². The van der Waals surface area contributed by atoms with Crippen LogP contribution in [0.1, 0.15) is 31.2 Å². The first-order valence-corrected chi connectivity index (χ1v) is 13.1. The SMILES string of the molecule is Cc1ncc(Cl)c([C@@H](C)Oc2ccc3[nH]nc(-c4ccc(N5CC(C)(NC6COC6)C5)nc4)c3c2)c1Cl. The lowest BCUT2D eigenvalue weighted by Crippen LogP contribution is -2.71. The van der Waals surface area contributed by atoms with E-state index >= 15 is 0 Å². The lowest BCUT2D eigenvalue weighted by atomic mass is 9.90. The Balaban J connectivity index is 1.19. The summed E-state index contributed by atoms with van der Waals surface area (Å²) < 4.78 is 11.5. The van der Waals surface area contributed by atoms with Crippen LogP contribution in [0.15, 0.2) is 42.7 Å². The Kier molecular flexibility index (Phi) is 6.23. The van der Waals surface area contributed by atoms with Crippen molar-refractivity contribution in [3.63, 3.8) is 0 Å². The molecule has 1 atom stereocenters. The third-order valence-corrected chi connectivity index (χ3v) is 7.83. The fraction of sp³-hybridized carbons (Fsp3) is 0.370. The molecule has 2 saturated heterocycles. The van der Waals surface area contributed by atoms with Crippen molar-refractivity contribution in [1.29, 1.82) is 0 Å². The van der Waals surface area contributed by atoms with Crippen molar-refractivity contribution in [2.45, 2.75) is 38.5 Å². The van der Waals surface area contributed by atoms with Gasteiger partial charge in [-0.3, -0.25) is 10.1 Å². The normalized spacial score (nSPS) is 17.9. The van der Waals surface area contributed by atoms with Gasteiger partial charge in [-0.25, -0.2) is 4.98 Å². The number of rotatable bonds is 7. The summed E-state index contributed by atoms with van der Waals surface area (Å²) in [6.45, 7) is 9.47. The topological polar surface area (TPSA) is 88.2 Å².